The predicted octanol–water partition coefficient (Wildman–Crippen LogP) is 2.81. The van der Waals surface area contributed by atoms with Crippen molar-refractivity contribution in [2.45, 2.75) is 13.5 Å². The normalized spacial score (nSPS) is 10.2. The van der Waals surface area contributed by atoms with Crippen LogP contribution < -0.4 is 4.74 Å². The van der Waals surface area contributed by atoms with E-state index in [4.69, 9.17) is 9.84 Å². The molecule has 1 N–H and O–H groups in total. The summed E-state index contributed by atoms with van der Waals surface area (Å²) < 4.78 is 18.7. The molecule has 0 atom stereocenters. The molecule has 0 saturated heterocycles. The Balaban J connectivity index is 2.14. The average molecular weight is 261 g/mol. The molecule has 0 spiro atoms. The molecule has 98 valence electrons. The van der Waals surface area contributed by atoms with Gasteiger partial charge in [0.15, 0.2) is 0 Å². The van der Waals surface area contributed by atoms with Gasteiger partial charge in [-0.1, -0.05) is 6.07 Å². The van der Waals surface area contributed by atoms with Crippen molar-refractivity contribution in [3.8, 4) is 5.75 Å². The van der Waals surface area contributed by atoms with Gasteiger partial charge in [0.25, 0.3) is 0 Å². The predicted molar refractivity (Wildman–Crippen MR) is 66.7 cm³/mol. The number of carboxylic acid groups (broad SMARTS) is 1. The maximum atomic E-state index is 13.3. The van der Waals surface area contributed by atoms with Crippen molar-refractivity contribution in [1.82, 2.24) is 4.98 Å². The van der Waals surface area contributed by atoms with Crippen LogP contribution >= 0.6 is 0 Å². The molecule has 2 aromatic rings. The minimum atomic E-state index is -1.07. The molecule has 0 aliphatic heterocycles. The molecule has 1 heterocycles. The second-order valence-electron chi connectivity index (χ2n) is 4.00. The number of hydrogen-bond donors (Lipinski definition) is 1. The molecule has 0 saturated carbocycles. The van der Waals surface area contributed by atoms with Crippen molar-refractivity contribution >= 4 is 5.97 Å². The third-order valence-corrected chi connectivity index (χ3v) is 2.64. The zero-order valence-corrected chi connectivity index (χ0v) is 10.3. The highest BCUT2D eigenvalue weighted by Crippen LogP contribution is 2.17. The van der Waals surface area contributed by atoms with E-state index in [9.17, 15) is 9.18 Å². The molecular formula is C14H12FNO3. The topological polar surface area (TPSA) is 59.4 Å². The molecule has 1 aromatic heterocycles. The number of pyridine rings is 1. The number of rotatable bonds is 4. The Morgan fingerprint density at radius 3 is 2.89 bits per heavy atom. The standard InChI is InChI=1S/C14H12FNO3/c1-9-4-5-10(7-12(9)15)19-8-13-11(14(17)18)3-2-6-16-13/h2-7H,8H2,1H3,(H,17,18). The molecule has 1 aromatic carbocycles. The largest absolute Gasteiger partial charge is 0.487 e. The average Bonchev–Trinajstić information content (AvgIpc) is 2.40. The van der Waals surface area contributed by atoms with Crippen molar-refractivity contribution < 1.29 is 19.0 Å². The van der Waals surface area contributed by atoms with Crippen LogP contribution in [0.15, 0.2) is 36.5 Å². The SMILES string of the molecule is Cc1ccc(OCc2ncccc2C(=O)O)cc1F. The van der Waals surface area contributed by atoms with Crippen LogP contribution in [0, 0.1) is 12.7 Å². The first-order chi connectivity index (χ1) is 9.08. The minimum Gasteiger partial charge on any atom is -0.487 e. The number of carbonyl (C=O) groups is 1. The third-order valence-electron chi connectivity index (χ3n) is 2.64. The molecule has 5 heteroatoms. The summed E-state index contributed by atoms with van der Waals surface area (Å²) in [6.07, 6.45) is 1.49. The summed E-state index contributed by atoms with van der Waals surface area (Å²) >= 11 is 0. The molecular weight excluding hydrogens is 249 g/mol. The molecule has 2 rings (SSSR count). The van der Waals surface area contributed by atoms with Gasteiger partial charge in [0.2, 0.25) is 0 Å². The van der Waals surface area contributed by atoms with Gasteiger partial charge < -0.3 is 9.84 Å². The van der Waals surface area contributed by atoms with Crippen LogP contribution in [0.25, 0.3) is 0 Å². The van der Waals surface area contributed by atoms with E-state index in [0.29, 0.717) is 17.0 Å². The summed E-state index contributed by atoms with van der Waals surface area (Å²) in [7, 11) is 0. The van der Waals surface area contributed by atoms with Gasteiger partial charge in [0.05, 0.1) is 11.3 Å². The number of aromatic nitrogens is 1. The molecule has 0 unspecified atom stereocenters. The van der Waals surface area contributed by atoms with Crippen LogP contribution in [0.2, 0.25) is 0 Å². The Bertz CT molecular complexity index is 613. The van der Waals surface area contributed by atoms with Crippen LogP contribution in [0.4, 0.5) is 4.39 Å². The fraction of sp³-hybridized carbons (Fsp3) is 0.143. The number of halogens is 1. The van der Waals surface area contributed by atoms with E-state index >= 15 is 0 Å². The highest BCUT2D eigenvalue weighted by molar-refractivity contribution is 5.88. The molecule has 0 fully saturated rings. The first-order valence-corrected chi connectivity index (χ1v) is 5.64. The van der Waals surface area contributed by atoms with Gasteiger partial charge in [-0.05, 0) is 30.7 Å². The fourth-order valence-corrected chi connectivity index (χ4v) is 1.56. The first kappa shape index (κ1) is 13.0. The molecule has 0 aliphatic rings. The van der Waals surface area contributed by atoms with Crippen molar-refractivity contribution in [1.29, 1.82) is 0 Å². The maximum absolute atomic E-state index is 13.3. The smallest absolute Gasteiger partial charge is 0.337 e. The van der Waals surface area contributed by atoms with Crippen LogP contribution in [0.3, 0.4) is 0 Å². The van der Waals surface area contributed by atoms with Gasteiger partial charge in [-0.2, -0.15) is 0 Å². The van der Waals surface area contributed by atoms with Crippen molar-refractivity contribution in [2.75, 3.05) is 0 Å². The number of nitrogens with zero attached hydrogens (tertiary/aromatic N) is 1. The summed E-state index contributed by atoms with van der Waals surface area (Å²) in [6.45, 7) is 1.63. The fourth-order valence-electron chi connectivity index (χ4n) is 1.56. The van der Waals surface area contributed by atoms with Gasteiger partial charge in [0, 0.05) is 12.3 Å². The molecule has 0 aliphatic carbocycles. The van der Waals surface area contributed by atoms with Crippen LogP contribution in [-0.2, 0) is 6.61 Å². The van der Waals surface area contributed by atoms with Crippen LogP contribution in [-0.4, -0.2) is 16.1 Å². The van der Waals surface area contributed by atoms with Gasteiger partial charge in [-0.3, -0.25) is 4.98 Å². The Morgan fingerprint density at radius 1 is 1.42 bits per heavy atom. The lowest BCUT2D eigenvalue weighted by Crippen LogP contribution is -2.07. The van der Waals surface area contributed by atoms with Crippen LogP contribution in [0.5, 0.6) is 5.75 Å². The molecule has 0 bridgehead atoms. The maximum Gasteiger partial charge on any atom is 0.337 e. The van der Waals surface area contributed by atoms with Crippen LogP contribution in [0.1, 0.15) is 21.6 Å². The Labute approximate surface area is 109 Å². The van der Waals surface area contributed by atoms with E-state index in [1.165, 1.54) is 18.3 Å². The summed E-state index contributed by atoms with van der Waals surface area (Å²) in [5.74, 6) is -1.09. The van der Waals surface area contributed by atoms with Crippen molar-refractivity contribution in [3.63, 3.8) is 0 Å². The monoisotopic (exact) mass is 261 g/mol. The van der Waals surface area contributed by atoms with E-state index in [1.54, 1.807) is 25.1 Å². The number of hydrogen-bond acceptors (Lipinski definition) is 3. The first-order valence-electron chi connectivity index (χ1n) is 5.64. The highest BCUT2D eigenvalue weighted by atomic mass is 19.1. The second-order valence-corrected chi connectivity index (χ2v) is 4.00. The van der Waals surface area contributed by atoms with Gasteiger partial charge in [-0.15, -0.1) is 0 Å². The molecule has 4 nitrogen and oxygen atoms in total. The summed E-state index contributed by atoms with van der Waals surface area (Å²) in [6, 6.07) is 7.48. The highest BCUT2D eigenvalue weighted by Gasteiger charge is 2.11. The van der Waals surface area contributed by atoms with Crippen molar-refractivity contribution in [3.05, 3.63) is 59.2 Å². The van der Waals surface area contributed by atoms with E-state index in [0.717, 1.165) is 0 Å². The number of aromatic carboxylic acids is 1. The molecule has 0 amide bonds. The summed E-state index contributed by atoms with van der Waals surface area (Å²) in [4.78, 5) is 14.9. The number of benzene rings is 1. The summed E-state index contributed by atoms with van der Waals surface area (Å²) in [5, 5.41) is 8.99. The quantitative estimate of drug-likeness (QED) is 0.919. The van der Waals surface area contributed by atoms with Crippen molar-refractivity contribution in [2.24, 2.45) is 0 Å². The lowest BCUT2D eigenvalue weighted by atomic mass is 10.2. The van der Waals surface area contributed by atoms with E-state index in [2.05, 4.69) is 4.98 Å². The number of ether oxygens (including phenoxy) is 1. The number of carboxylic acids is 1. The zero-order valence-electron chi connectivity index (χ0n) is 10.3. The third kappa shape index (κ3) is 3.07. The van der Waals surface area contributed by atoms with E-state index in [-0.39, 0.29) is 18.0 Å². The van der Waals surface area contributed by atoms with E-state index < -0.39 is 5.97 Å². The summed E-state index contributed by atoms with van der Waals surface area (Å²) in [5.41, 5.74) is 0.905. The zero-order chi connectivity index (χ0) is 13.8. The van der Waals surface area contributed by atoms with Gasteiger partial charge in [-0.25, -0.2) is 9.18 Å². The van der Waals surface area contributed by atoms with Gasteiger partial charge in [0.1, 0.15) is 18.2 Å². The second kappa shape index (κ2) is 5.48. The lowest BCUT2D eigenvalue weighted by molar-refractivity contribution is 0.0693. The van der Waals surface area contributed by atoms with E-state index in [1.807, 2.05) is 0 Å². The molecule has 0 radical (unpaired) electrons. The Kier molecular flexibility index (Phi) is 3.75. The Morgan fingerprint density at radius 2 is 2.21 bits per heavy atom. The minimum absolute atomic E-state index is 0.0228. The lowest BCUT2D eigenvalue weighted by Gasteiger charge is -2.08. The number of aryl methyl sites for hydroxylation is 1. The molecule has 19 heavy (non-hydrogen) atoms. The van der Waals surface area contributed by atoms with Gasteiger partial charge >= 0.3 is 5.97 Å². The Hall–Kier alpha value is -2.43.